The van der Waals surface area contributed by atoms with Crippen LogP contribution in [0.5, 0.6) is 0 Å². The van der Waals surface area contributed by atoms with Gasteiger partial charge in [0, 0.05) is 0 Å². The Balaban J connectivity index is 0.000000380. The predicted octanol–water partition coefficient (Wildman–Crippen LogP) is 13.2. The van der Waals surface area contributed by atoms with Gasteiger partial charge in [-0.2, -0.15) is 12.1 Å². The van der Waals surface area contributed by atoms with E-state index in [4.69, 9.17) is 0 Å². The molecule has 0 saturated carbocycles. The van der Waals surface area contributed by atoms with E-state index >= 15 is 0 Å². The van der Waals surface area contributed by atoms with Crippen LogP contribution < -0.4 is 0 Å². The Labute approximate surface area is 297 Å². The van der Waals surface area contributed by atoms with Crippen LogP contribution in [0.25, 0.3) is 43.8 Å². The van der Waals surface area contributed by atoms with Crippen LogP contribution in [0.3, 0.4) is 0 Å². The molecule has 0 aliphatic heterocycles. The Bertz CT molecular complexity index is 1560. The Morgan fingerprint density at radius 3 is 1.16 bits per heavy atom. The van der Waals surface area contributed by atoms with Gasteiger partial charge in [-0.05, 0) is 34.1 Å². The third kappa shape index (κ3) is 9.77. The normalized spacial score (nSPS) is 10.2. The van der Waals surface area contributed by atoms with Gasteiger partial charge in [-0.1, -0.05) is 113 Å². The van der Waals surface area contributed by atoms with Crippen LogP contribution in [0.1, 0.15) is 68.2 Å². The van der Waals surface area contributed by atoms with Crippen molar-refractivity contribution in [3.8, 4) is 22.3 Å². The minimum absolute atomic E-state index is 0. The number of rotatable bonds is 4. The van der Waals surface area contributed by atoms with Crippen molar-refractivity contribution in [1.82, 2.24) is 0 Å². The number of fused-ring (bicyclic) bond motifs is 2. The topological polar surface area (TPSA) is 0 Å². The predicted molar refractivity (Wildman–Crippen MR) is 197 cm³/mol. The number of benzene rings is 4. The van der Waals surface area contributed by atoms with Crippen LogP contribution in [0.2, 0.25) is 0 Å². The van der Waals surface area contributed by atoms with Crippen molar-refractivity contribution in [1.29, 1.82) is 0 Å². The molecule has 0 nitrogen and oxygen atoms in total. The molecule has 6 aromatic carbocycles. The van der Waals surface area contributed by atoms with E-state index in [-0.39, 0.29) is 50.7 Å². The summed E-state index contributed by atoms with van der Waals surface area (Å²) in [6.07, 6.45) is 0.750. The van der Waals surface area contributed by atoms with E-state index in [0.717, 1.165) is 6.42 Å². The van der Waals surface area contributed by atoms with Gasteiger partial charge in [0.1, 0.15) is 0 Å². The van der Waals surface area contributed by atoms with Crippen molar-refractivity contribution in [2.75, 3.05) is 0 Å². The summed E-state index contributed by atoms with van der Waals surface area (Å²) < 4.78 is 0. The average molecular weight is 788 g/mol. The average Bonchev–Trinajstić information content (AvgIpc) is 3.54. The third-order valence-electron chi connectivity index (χ3n) is 7.57. The molecule has 6 aromatic rings. The van der Waals surface area contributed by atoms with Gasteiger partial charge in [-0.3, -0.25) is 0 Å². The molecule has 0 fully saturated rings. The fourth-order valence-corrected chi connectivity index (χ4v) is 5.37. The summed E-state index contributed by atoms with van der Waals surface area (Å²) in [6, 6.07) is 40.1. The van der Waals surface area contributed by atoms with Gasteiger partial charge in [-0.15, -0.1) is 93.9 Å². The summed E-state index contributed by atoms with van der Waals surface area (Å²) in [5.41, 5.74) is 10.7. The maximum atomic E-state index is 3.38. The van der Waals surface area contributed by atoms with E-state index < -0.39 is 0 Å². The van der Waals surface area contributed by atoms with Crippen LogP contribution >= 0.6 is 24.8 Å². The summed E-state index contributed by atoms with van der Waals surface area (Å²) in [5, 5.41) is 5.39. The molecular formula is C41H46Cl2Hf. The second kappa shape index (κ2) is 18.5. The van der Waals surface area contributed by atoms with Gasteiger partial charge in [0.15, 0.2) is 0 Å². The summed E-state index contributed by atoms with van der Waals surface area (Å²) in [7, 11) is 0. The molecule has 6 rings (SSSR count). The molecule has 0 bridgehead atoms. The summed E-state index contributed by atoms with van der Waals surface area (Å²) in [4.78, 5) is 0. The van der Waals surface area contributed by atoms with Crippen LogP contribution in [0.15, 0.2) is 109 Å². The van der Waals surface area contributed by atoms with E-state index in [9.17, 15) is 0 Å². The monoisotopic (exact) mass is 788 g/mol. The molecule has 0 aromatic heterocycles. The molecule has 0 aliphatic rings. The molecule has 0 atom stereocenters. The first kappa shape index (κ1) is 39.6. The van der Waals surface area contributed by atoms with Gasteiger partial charge in [0.05, 0.1) is 0 Å². The van der Waals surface area contributed by atoms with Gasteiger partial charge in [0.25, 0.3) is 0 Å². The second-order valence-electron chi connectivity index (χ2n) is 11.6. The zero-order valence-electron chi connectivity index (χ0n) is 27.0. The molecule has 228 valence electrons. The SMILES string of the molecule is Cc1cc2c(-c3ccc(C(C)C)cc3)cccc2[cH-]1.Cc1cc2c(-c3ccc(C(C)C)cc3)cccc2[cH-]1.Cl.Cl.[CH2-]C[CH2-].[Hf+4]. The maximum Gasteiger partial charge on any atom is 4.00 e. The van der Waals surface area contributed by atoms with Crippen LogP contribution in [0, 0.1) is 27.7 Å². The Morgan fingerprint density at radius 2 is 0.864 bits per heavy atom. The van der Waals surface area contributed by atoms with E-state index in [1.54, 1.807) is 0 Å². The Kier molecular flexibility index (Phi) is 16.6. The number of aryl methyl sites for hydroxylation is 2. The molecule has 0 saturated heterocycles. The maximum absolute atomic E-state index is 3.38. The first-order valence-electron chi connectivity index (χ1n) is 14.8. The molecule has 0 spiro atoms. The van der Waals surface area contributed by atoms with E-state index in [2.05, 4.69) is 165 Å². The van der Waals surface area contributed by atoms with Gasteiger partial charge < -0.3 is 20.3 Å². The molecule has 0 radical (unpaired) electrons. The summed E-state index contributed by atoms with van der Waals surface area (Å²) >= 11 is 0. The summed E-state index contributed by atoms with van der Waals surface area (Å²) in [5.74, 6) is 1.18. The first-order valence-corrected chi connectivity index (χ1v) is 14.8. The van der Waals surface area contributed by atoms with Gasteiger partial charge >= 0.3 is 25.8 Å². The molecule has 0 heterocycles. The molecule has 3 heteroatoms. The largest absolute Gasteiger partial charge is 4.00 e. The molecule has 0 amide bonds. The number of hydrogen-bond donors (Lipinski definition) is 0. The van der Waals surface area contributed by atoms with Gasteiger partial charge in [0.2, 0.25) is 0 Å². The van der Waals surface area contributed by atoms with Crippen molar-refractivity contribution >= 4 is 46.4 Å². The molecule has 0 aliphatic carbocycles. The second-order valence-corrected chi connectivity index (χ2v) is 11.6. The zero-order chi connectivity index (χ0) is 29.5. The fraction of sp³-hybridized carbons (Fsp3) is 0.220. The van der Waals surface area contributed by atoms with Crippen molar-refractivity contribution in [3.63, 3.8) is 0 Å². The van der Waals surface area contributed by atoms with Crippen molar-refractivity contribution in [2.45, 2.75) is 59.8 Å². The number of halogens is 2. The zero-order valence-corrected chi connectivity index (χ0v) is 32.2. The van der Waals surface area contributed by atoms with Gasteiger partial charge in [-0.25, -0.2) is 0 Å². The van der Waals surface area contributed by atoms with Crippen LogP contribution in [-0.2, 0) is 25.8 Å². The minimum atomic E-state index is 0. The molecule has 0 unspecified atom stereocenters. The fourth-order valence-electron chi connectivity index (χ4n) is 5.37. The van der Waals surface area contributed by atoms with E-state index in [0.29, 0.717) is 11.8 Å². The van der Waals surface area contributed by atoms with Crippen molar-refractivity contribution in [2.24, 2.45) is 0 Å². The van der Waals surface area contributed by atoms with Crippen molar-refractivity contribution < 1.29 is 25.8 Å². The van der Waals surface area contributed by atoms with Crippen LogP contribution in [-0.4, -0.2) is 0 Å². The molecule has 44 heavy (non-hydrogen) atoms. The third-order valence-corrected chi connectivity index (χ3v) is 7.57. The quantitative estimate of drug-likeness (QED) is 0.123. The van der Waals surface area contributed by atoms with Crippen molar-refractivity contribution in [3.05, 3.63) is 145 Å². The Morgan fingerprint density at radius 1 is 0.545 bits per heavy atom. The molecular weight excluding hydrogens is 742 g/mol. The van der Waals surface area contributed by atoms with Crippen LogP contribution in [0.4, 0.5) is 0 Å². The smallest absolute Gasteiger partial charge is 0.372 e. The molecule has 0 N–H and O–H groups in total. The number of hydrogen-bond acceptors (Lipinski definition) is 0. The Hall–Kier alpha value is -2.45. The standard InChI is InChI=1S/2C19H19.C3H6.2ClH.Hf/c2*1-13(2)15-7-9-16(10-8-15)18-6-4-5-17-11-14(3)12-19(17)18;1-3-2;;;/h2*4-13H,1-3H3;1-3H2;2*1H;/q2*-1;-2;;;+4. The van der Waals surface area contributed by atoms with E-state index in [1.807, 2.05) is 0 Å². The summed E-state index contributed by atoms with van der Waals surface area (Å²) in [6.45, 7) is 20.0. The minimum Gasteiger partial charge on any atom is -0.372 e. The first-order chi connectivity index (χ1) is 19.7. The van der Waals surface area contributed by atoms with E-state index in [1.165, 1.54) is 66.1 Å².